The van der Waals surface area contributed by atoms with E-state index in [1.54, 1.807) is 0 Å². The zero-order valence-corrected chi connectivity index (χ0v) is 12.3. The SMILES string of the molecule is Cc1cccc2ccc3c(Oc4ccccc4)nccc3c12. The molecule has 3 aromatic carbocycles. The largest absolute Gasteiger partial charge is 0.438 e. The summed E-state index contributed by atoms with van der Waals surface area (Å²) in [5, 5.41) is 4.72. The molecule has 0 radical (unpaired) electrons. The van der Waals surface area contributed by atoms with Crippen molar-refractivity contribution >= 4 is 21.5 Å². The second-order valence-corrected chi connectivity index (χ2v) is 5.36. The highest BCUT2D eigenvalue weighted by Gasteiger charge is 2.09. The van der Waals surface area contributed by atoms with Crippen molar-refractivity contribution in [3.8, 4) is 11.6 Å². The fourth-order valence-corrected chi connectivity index (χ4v) is 2.88. The Morgan fingerprint density at radius 3 is 2.50 bits per heavy atom. The predicted octanol–water partition coefficient (Wildman–Crippen LogP) is 5.49. The number of benzene rings is 3. The molecule has 0 saturated heterocycles. The fourth-order valence-electron chi connectivity index (χ4n) is 2.88. The summed E-state index contributed by atoms with van der Waals surface area (Å²) in [5.41, 5.74) is 1.26. The third-order valence-corrected chi connectivity index (χ3v) is 3.92. The Morgan fingerprint density at radius 1 is 0.773 bits per heavy atom. The van der Waals surface area contributed by atoms with Crippen molar-refractivity contribution in [2.75, 3.05) is 0 Å². The van der Waals surface area contributed by atoms with Crippen LogP contribution in [-0.4, -0.2) is 4.98 Å². The Hall–Kier alpha value is -2.87. The first-order valence-electron chi connectivity index (χ1n) is 7.33. The second-order valence-electron chi connectivity index (χ2n) is 5.36. The van der Waals surface area contributed by atoms with E-state index in [1.807, 2.05) is 36.5 Å². The molecule has 1 heterocycles. The molecule has 0 aliphatic carbocycles. The molecule has 0 atom stereocenters. The number of hydrogen-bond donors (Lipinski definition) is 0. The normalized spacial score (nSPS) is 11.0. The minimum Gasteiger partial charge on any atom is -0.438 e. The van der Waals surface area contributed by atoms with E-state index in [2.05, 4.69) is 48.3 Å². The third kappa shape index (κ3) is 2.09. The molecule has 0 unspecified atom stereocenters. The Labute approximate surface area is 129 Å². The Balaban J connectivity index is 1.96. The van der Waals surface area contributed by atoms with Gasteiger partial charge in [0, 0.05) is 11.6 Å². The first-order chi connectivity index (χ1) is 10.8. The maximum atomic E-state index is 5.97. The Morgan fingerprint density at radius 2 is 1.64 bits per heavy atom. The maximum Gasteiger partial charge on any atom is 0.227 e. The molecule has 106 valence electrons. The number of pyridine rings is 1. The highest BCUT2D eigenvalue weighted by Crippen LogP contribution is 2.33. The molecule has 0 aliphatic heterocycles. The van der Waals surface area contributed by atoms with Crippen molar-refractivity contribution in [2.45, 2.75) is 6.92 Å². The number of fused-ring (bicyclic) bond motifs is 3. The standard InChI is InChI=1S/C20H15NO/c1-14-6-5-7-15-10-11-18-17(19(14)15)12-13-21-20(18)22-16-8-3-2-4-9-16/h2-13H,1H3. The quantitative estimate of drug-likeness (QED) is 0.454. The summed E-state index contributed by atoms with van der Waals surface area (Å²) in [6.45, 7) is 2.14. The zero-order valence-electron chi connectivity index (χ0n) is 12.3. The van der Waals surface area contributed by atoms with E-state index < -0.39 is 0 Å². The van der Waals surface area contributed by atoms with Crippen LogP contribution in [0.5, 0.6) is 11.6 Å². The smallest absolute Gasteiger partial charge is 0.227 e. The van der Waals surface area contributed by atoms with Crippen LogP contribution in [0.15, 0.2) is 72.9 Å². The average Bonchev–Trinajstić information content (AvgIpc) is 2.56. The monoisotopic (exact) mass is 285 g/mol. The van der Waals surface area contributed by atoms with Gasteiger partial charge in [-0.1, -0.05) is 42.5 Å². The van der Waals surface area contributed by atoms with E-state index in [-0.39, 0.29) is 0 Å². The molecule has 0 fully saturated rings. The minimum absolute atomic E-state index is 0.647. The van der Waals surface area contributed by atoms with Crippen molar-refractivity contribution in [1.29, 1.82) is 0 Å². The highest BCUT2D eigenvalue weighted by molar-refractivity contribution is 6.10. The average molecular weight is 285 g/mol. The van der Waals surface area contributed by atoms with Crippen molar-refractivity contribution in [3.63, 3.8) is 0 Å². The van der Waals surface area contributed by atoms with Gasteiger partial charge in [-0.3, -0.25) is 0 Å². The Bertz CT molecular complexity index is 961. The summed E-state index contributed by atoms with van der Waals surface area (Å²) in [7, 11) is 0. The predicted molar refractivity (Wildman–Crippen MR) is 90.5 cm³/mol. The lowest BCUT2D eigenvalue weighted by atomic mass is 9.99. The third-order valence-electron chi connectivity index (χ3n) is 3.92. The van der Waals surface area contributed by atoms with Crippen molar-refractivity contribution < 1.29 is 4.74 Å². The van der Waals surface area contributed by atoms with Gasteiger partial charge in [0.15, 0.2) is 0 Å². The number of hydrogen-bond acceptors (Lipinski definition) is 2. The second kappa shape index (κ2) is 5.15. The van der Waals surface area contributed by atoms with Gasteiger partial charge in [-0.25, -0.2) is 4.98 Å². The van der Waals surface area contributed by atoms with Crippen molar-refractivity contribution in [1.82, 2.24) is 4.98 Å². The molecule has 4 rings (SSSR count). The van der Waals surface area contributed by atoms with Crippen LogP contribution in [0.1, 0.15) is 5.56 Å². The number of aryl methyl sites for hydroxylation is 1. The molecule has 22 heavy (non-hydrogen) atoms. The Kier molecular flexibility index (Phi) is 3.01. The van der Waals surface area contributed by atoms with E-state index in [4.69, 9.17) is 4.74 Å². The molecular weight excluding hydrogens is 270 g/mol. The van der Waals surface area contributed by atoms with Crippen LogP contribution in [-0.2, 0) is 0 Å². The number of nitrogens with zero attached hydrogens (tertiary/aromatic N) is 1. The molecule has 0 saturated carbocycles. The number of rotatable bonds is 2. The molecule has 4 aromatic rings. The van der Waals surface area contributed by atoms with Crippen LogP contribution in [0.25, 0.3) is 21.5 Å². The minimum atomic E-state index is 0.647. The summed E-state index contributed by atoms with van der Waals surface area (Å²) < 4.78 is 5.97. The van der Waals surface area contributed by atoms with Crippen LogP contribution >= 0.6 is 0 Å². The molecular formula is C20H15NO. The number of para-hydroxylation sites is 1. The van der Waals surface area contributed by atoms with Crippen LogP contribution < -0.4 is 4.74 Å². The molecule has 0 N–H and O–H groups in total. The number of aromatic nitrogens is 1. The molecule has 0 aliphatic rings. The van der Waals surface area contributed by atoms with Crippen molar-refractivity contribution in [2.24, 2.45) is 0 Å². The van der Waals surface area contributed by atoms with Gasteiger partial charge in [-0.05, 0) is 52.9 Å². The van der Waals surface area contributed by atoms with Gasteiger partial charge < -0.3 is 4.74 Å². The summed E-state index contributed by atoms with van der Waals surface area (Å²) in [6, 6.07) is 22.4. The highest BCUT2D eigenvalue weighted by atomic mass is 16.5. The lowest BCUT2D eigenvalue weighted by Gasteiger charge is -2.11. The van der Waals surface area contributed by atoms with Gasteiger partial charge in [0.1, 0.15) is 5.75 Å². The fraction of sp³-hybridized carbons (Fsp3) is 0.0500. The van der Waals surface area contributed by atoms with Gasteiger partial charge in [-0.15, -0.1) is 0 Å². The summed E-state index contributed by atoms with van der Waals surface area (Å²) in [4.78, 5) is 4.42. The van der Waals surface area contributed by atoms with Gasteiger partial charge in [0.2, 0.25) is 5.88 Å². The van der Waals surface area contributed by atoms with Crippen LogP contribution in [0.2, 0.25) is 0 Å². The van der Waals surface area contributed by atoms with Crippen molar-refractivity contribution in [3.05, 3.63) is 78.5 Å². The summed E-state index contributed by atoms with van der Waals surface area (Å²) >= 11 is 0. The van der Waals surface area contributed by atoms with E-state index in [9.17, 15) is 0 Å². The molecule has 0 amide bonds. The van der Waals surface area contributed by atoms with Gasteiger partial charge in [-0.2, -0.15) is 0 Å². The van der Waals surface area contributed by atoms with Gasteiger partial charge in [0.05, 0.1) is 0 Å². The number of ether oxygens (including phenoxy) is 1. The van der Waals surface area contributed by atoms with Crippen LogP contribution in [0.3, 0.4) is 0 Å². The van der Waals surface area contributed by atoms with Crippen LogP contribution in [0.4, 0.5) is 0 Å². The molecule has 0 bridgehead atoms. The zero-order chi connectivity index (χ0) is 14.9. The first-order valence-corrected chi connectivity index (χ1v) is 7.33. The van der Waals surface area contributed by atoms with Gasteiger partial charge >= 0.3 is 0 Å². The summed E-state index contributed by atoms with van der Waals surface area (Å²) in [5.74, 6) is 1.45. The topological polar surface area (TPSA) is 22.1 Å². The van der Waals surface area contributed by atoms with E-state index >= 15 is 0 Å². The lowest BCUT2D eigenvalue weighted by molar-refractivity contribution is 0.469. The molecule has 2 heteroatoms. The van der Waals surface area contributed by atoms with Gasteiger partial charge in [0.25, 0.3) is 0 Å². The van der Waals surface area contributed by atoms with E-state index in [0.29, 0.717) is 5.88 Å². The first kappa shape index (κ1) is 12.8. The van der Waals surface area contributed by atoms with Crippen LogP contribution in [0, 0.1) is 6.92 Å². The lowest BCUT2D eigenvalue weighted by Crippen LogP contribution is -1.90. The maximum absolute atomic E-state index is 5.97. The molecule has 0 spiro atoms. The van der Waals surface area contributed by atoms with E-state index in [0.717, 1.165) is 11.1 Å². The molecule has 1 aromatic heterocycles. The van der Waals surface area contributed by atoms with E-state index in [1.165, 1.54) is 21.7 Å². The summed E-state index contributed by atoms with van der Waals surface area (Å²) in [6.07, 6.45) is 1.81. The molecule has 2 nitrogen and oxygen atoms in total.